The summed E-state index contributed by atoms with van der Waals surface area (Å²) in [7, 11) is 1.37. The van der Waals surface area contributed by atoms with Gasteiger partial charge in [0.05, 0.1) is 5.71 Å². The van der Waals surface area contributed by atoms with E-state index in [1.54, 1.807) is 12.1 Å². The molecule has 1 amide bonds. The smallest absolute Gasteiger partial charge is 0.271 e. The summed E-state index contributed by atoms with van der Waals surface area (Å²) in [4.78, 5) is 21.9. The van der Waals surface area contributed by atoms with Gasteiger partial charge in [-0.3, -0.25) is 4.79 Å². The van der Waals surface area contributed by atoms with Crippen LogP contribution in [0.25, 0.3) is 0 Å². The summed E-state index contributed by atoms with van der Waals surface area (Å²) in [5, 5.41) is 8.01. The molecule has 2 atom stereocenters. The zero-order valence-corrected chi connectivity index (χ0v) is 15.5. The van der Waals surface area contributed by atoms with E-state index in [0.29, 0.717) is 17.4 Å². The summed E-state index contributed by atoms with van der Waals surface area (Å²) in [5.74, 6) is 0.271. The Balaban J connectivity index is 1.65. The Morgan fingerprint density at radius 3 is 2.52 bits per heavy atom. The molecule has 0 saturated heterocycles. The highest BCUT2D eigenvalue weighted by Crippen LogP contribution is 2.48. The Kier molecular flexibility index (Phi) is 5.86. The van der Waals surface area contributed by atoms with Gasteiger partial charge in [0.15, 0.2) is 5.71 Å². The number of nitrogens with zero attached hydrogens (tertiary/aromatic N) is 2. The first-order valence-corrected chi connectivity index (χ1v) is 8.82. The third kappa shape index (κ3) is 4.53. The highest BCUT2D eigenvalue weighted by molar-refractivity contribution is 6.45. The third-order valence-electron chi connectivity index (χ3n) is 4.67. The minimum absolute atomic E-state index is 0.0590. The third-order valence-corrected chi connectivity index (χ3v) is 4.67. The van der Waals surface area contributed by atoms with E-state index in [9.17, 15) is 4.79 Å². The average molecular weight is 365 g/mol. The number of hydrogen-bond acceptors (Lipinski definition) is 5. The molecule has 27 heavy (non-hydrogen) atoms. The maximum absolute atomic E-state index is 11.6. The number of hydrogen-bond donors (Lipinski definition) is 1. The van der Waals surface area contributed by atoms with E-state index < -0.39 is 5.91 Å². The fourth-order valence-corrected chi connectivity index (χ4v) is 3.19. The summed E-state index contributed by atoms with van der Waals surface area (Å²) < 4.78 is 0. The van der Waals surface area contributed by atoms with E-state index in [1.165, 1.54) is 12.7 Å². The van der Waals surface area contributed by atoms with Gasteiger partial charge in [-0.25, -0.2) is 0 Å². The summed E-state index contributed by atoms with van der Waals surface area (Å²) in [5.41, 5.74) is 9.11. The Hall–Kier alpha value is -3.15. The molecule has 0 spiro atoms. The molecule has 1 aliphatic rings. The maximum atomic E-state index is 11.6. The Morgan fingerprint density at radius 1 is 1.11 bits per heavy atom. The van der Waals surface area contributed by atoms with Crippen molar-refractivity contribution in [3.63, 3.8) is 0 Å². The average Bonchev–Trinajstić information content (AvgIpc) is 3.48. The number of benzene rings is 2. The SMILES string of the molecule is CO/N=C(\C(N)=O)c1ccccc1CO/N=C(/C)C1CC1c1ccccc1. The summed E-state index contributed by atoms with van der Waals surface area (Å²) in [6, 6.07) is 17.7. The lowest BCUT2D eigenvalue weighted by Crippen LogP contribution is -2.25. The number of primary amides is 1. The van der Waals surface area contributed by atoms with Crippen LogP contribution in [-0.2, 0) is 21.1 Å². The summed E-state index contributed by atoms with van der Waals surface area (Å²) >= 11 is 0. The van der Waals surface area contributed by atoms with Gasteiger partial charge in [0.1, 0.15) is 13.7 Å². The number of oxime groups is 2. The van der Waals surface area contributed by atoms with Gasteiger partial charge < -0.3 is 15.4 Å². The highest BCUT2D eigenvalue weighted by atomic mass is 16.6. The molecule has 1 saturated carbocycles. The zero-order chi connectivity index (χ0) is 19.2. The number of rotatable bonds is 8. The molecule has 0 heterocycles. The van der Waals surface area contributed by atoms with Crippen LogP contribution in [0.15, 0.2) is 64.9 Å². The van der Waals surface area contributed by atoms with Crippen LogP contribution >= 0.6 is 0 Å². The van der Waals surface area contributed by atoms with Crippen LogP contribution in [0.3, 0.4) is 0 Å². The predicted molar refractivity (Wildman–Crippen MR) is 104 cm³/mol. The zero-order valence-electron chi connectivity index (χ0n) is 15.5. The molecule has 2 aromatic rings. The molecule has 2 aromatic carbocycles. The minimum Gasteiger partial charge on any atom is -0.398 e. The van der Waals surface area contributed by atoms with Gasteiger partial charge in [-0.1, -0.05) is 64.9 Å². The van der Waals surface area contributed by atoms with Crippen molar-refractivity contribution in [1.82, 2.24) is 0 Å². The number of carbonyl (C=O) groups is 1. The summed E-state index contributed by atoms with van der Waals surface area (Å²) in [6.07, 6.45) is 1.09. The molecule has 0 aromatic heterocycles. The van der Waals surface area contributed by atoms with Crippen molar-refractivity contribution in [2.24, 2.45) is 22.0 Å². The normalized spacial score (nSPS) is 19.5. The van der Waals surface area contributed by atoms with Crippen molar-refractivity contribution >= 4 is 17.3 Å². The van der Waals surface area contributed by atoms with Gasteiger partial charge >= 0.3 is 0 Å². The first kappa shape index (κ1) is 18.6. The lowest BCUT2D eigenvalue weighted by atomic mass is 10.0. The first-order valence-electron chi connectivity index (χ1n) is 8.82. The summed E-state index contributed by atoms with van der Waals surface area (Å²) in [6.45, 7) is 2.20. The molecule has 2 unspecified atom stereocenters. The van der Waals surface area contributed by atoms with Crippen LogP contribution in [0.2, 0.25) is 0 Å². The van der Waals surface area contributed by atoms with Crippen molar-refractivity contribution < 1.29 is 14.5 Å². The second-order valence-electron chi connectivity index (χ2n) is 6.51. The van der Waals surface area contributed by atoms with Gasteiger partial charge in [-0.05, 0) is 24.8 Å². The molecule has 6 nitrogen and oxygen atoms in total. The topological polar surface area (TPSA) is 86.3 Å². The molecule has 3 rings (SSSR count). The van der Waals surface area contributed by atoms with Gasteiger partial charge in [0, 0.05) is 17.0 Å². The lowest BCUT2D eigenvalue weighted by molar-refractivity contribution is -0.112. The van der Waals surface area contributed by atoms with Crippen molar-refractivity contribution in [3.8, 4) is 0 Å². The maximum Gasteiger partial charge on any atom is 0.271 e. The standard InChI is InChI=1S/C21H23N3O3/c1-14(18-12-19(18)15-8-4-3-5-9-15)23-27-13-16-10-6-7-11-17(16)20(21(22)25)24-26-2/h3-11,18-19H,12-13H2,1-2H3,(H2,22,25)/b23-14-,24-20-. The van der Waals surface area contributed by atoms with Crippen LogP contribution in [-0.4, -0.2) is 24.4 Å². The van der Waals surface area contributed by atoms with E-state index in [0.717, 1.165) is 17.7 Å². The Bertz CT molecular complexity index is 862. The van der Waals surface area contributed by atoms with Crippen molar-refractivity contribution in [1.29, 1.82) is 0 Å². The number of amides is 1. The quantitative estimate of drug-likeness (QED) is 0.576. The largest absolute Gasteiger partial charge is 0.398 e. The molecule has 6 heteroatoms. The molecule has 2 N–H and O–H groups in total. The van der Waals surface area contributed by atoms with Crippen LogP contribution < -0.4 is 5.73 Å². The van der Waals surface area contributed by atoms with Crippen LogP contribution in [0, 0.1) is 5.92 Å². The van der Waals surface area contributed by atoms with Crippen molar-refractivity contribution in [2.45, 2.75) is 25.9 Å². The Labute approximate surface area is 158 Å². The molecular weight excluding hydrogens is 342 g/mol. The molecular formula is C21H23N3O3. The van der Waals surface area contributed by atoms with E-state index in [2.05, 4.69) is 34.6 Å². The van der Waals surface area contributed by atoms with Gasteiger partial charge in [-0.2, -0.15) is 0 Å². The van der Waals surface area contributed by atoms with E-state index in [1.807, 2.05) is 25.1 Å². The minimum atomic E-state index is -0.660. The predicted octanol–water partition coefficient (Wildman–Crippen LogP) is 3.22. The van der Waals surface area contributed by atoms with Gasteiger partial charge in [0.2, 0.25) is 0 Å². The monoisotopic (exact) mass is 365 g/mol. The van der Waals surface area contributed by atoms with Crippen LogP contribution in [0.1, 0.15) is 36.0 Å². The molecule has 0 bridgehead atoms. The lowest BCUT2D eigenvalue weighted by Gasteiger charge is -2.09. The first-order chi connectivity index (χ1) is 13.1. The molecule has 140 valence electrons. The van der Waals surface area contributed by atoms with Crippen molar-refractivity contribution in [3.05, 3.63) is 71.3 Å². The number of carbonyl (C=O) groups excluding carboxylic acids is 1. The van der Waals surface area contributed by atoms with Crippen LogP contribution in [0.5, 0.6) is 0 Å². The number of nitrogens with two attached hydrogens (primary N) is 1. The van der Waals surface area contributed by atoms with Gasteiger partial charge in [-0.15, -0.1) is 0 Å². The van der Waals surface area contributed by atoms with E-state index in [4.69, 9.17) is 15.4 Å². The van der Waals surface area contributed by atoms with Gasteiger partial charge in [0.25, 0.3) is 5.91 Å². The highest BCUT2D eigenvalue weighted by Gasteiger charge is 2.40. The molecule has 0 radical (unpaired) electrons. The molecule has 1 fully saturated rings. The van der Waals surface area contributed by atoms with E-state index in [-0.39, 0.29) is 12.3 Å². The second kappa shape index (κ2) is 8.49. The van der Waals surface area contributed by atoms with Crippen LogP contribution in [0.4, 0.5) is 0 Å². The fraction of sp³-hybridized carbons (Fsp3) is 0.286. The van der Waals surface area contributed by atoms with Crippen molar-refractivity contribution in [2.75, 3.05) is 7.11 Å². The molecule has 1 aliphatic carbocycles. The Morgan fingerprint density at radius 2 is 1.81 bits per heavy atom. The molecule has 0 aliphatic heterocycles. The van der Waals surface area contributed by atoms with E-state index >= 15 is 0 Å². The fourth-order valence-electron chi connectivity index (χ4n) is 3.19. The second-order valence-corrected chi connectivity index (χ2v) is 6.51.